The second-order valence-electron chi connectivity index (χ2n) is 6.71. The predicted octanol–water partition coefficient (Wildman–Crippen LogP) is 3.18. The van der Waals surface area contributed by atoms with Gasteiger partial charge in [-0.15, -0.1) is 0 Å². The van der Waals surface area contributed by atoms with Crippen molar-refractivity contribution in [2.24, 2.45) is 0 Å². The van der Waals surface area contributed by atoms with Gasteiger partial charge in [0.15, 0.2) is 0 Å². The molecule has 1 aliphatic heterocycles. The average Bonchev–Trinajstić information content (AvgIpc) is 3.43. The zero-order valence-corrected chi connectivity index (χ0v) is 16.8. The summed E-state index contributed by atoms with van der Waals surface area (Å²) < 4.78 is 38.0. The Morgan fingerprint density at radius 2 is 1.87 bits per heavy atom. The first kappa shape index (κ1) is 20.0. The number of benzene rings is 2. The van der Waals surface area contributed by atoms with Gasteiger partial charge in [0, 0.05) is 24.2 Å². The van der Waals surface area contributed by atoms with Crippen molar-refractivity contribution in [3.05, 3.63) is 64.5 Å². The van der Waals surface area contributed by atoms with E-state index in [4.69, 9.17) is 9.26 Å². The zero-order chi connectivity index (χ0) is 21.3. The van der Waals surface area contributed by atoms with Crippen LogP contribution >= 0.6 is 0 Å². The maximum Gasteiger partial charge on any atom is 0.269 e. The van der Waals surface area contributed by atoms with Gasteiger partial charge < -0.3 is 9.26 Å². The Kier molecular flexibility index (Phi) is 5.22. The minimum Gasteiger partial charge on any atom is -0.497 e. The lowest BCUT2D eigenvalue weighted by Gasteiger charge is -2.21. The molecule has 0 aliphatic carbocycles. The van der Waals surface area contributed by atoms with Gasteiger partial charge in [-0.1, -0.05) is 5.16 Å². The Bertz CT molecular complexity index is 1160. The van der Waals surface area contributed by atoms with Gasteiger partial charge in [-0.3, -0.25) is 10.1 Å². The van der Waals surface area contributed by atoms with E-state index >= 15 is 0 Å². The molecule has 1 atom stereocenters. The molecule has 0 spiro atoms. The van der Waals surface area contributed by atoms with Gasteiger partial charge >= 0.3 is 0 Å². The fraction of sp³-hybridized carbons (Fsp3) is 0.263. The third kappa shape index (κ3) is 3.64. The van der Waals surface area contributed by atoms with Crippen LogP contribution in [0.15, 0.2) is 57.9 Å². The molecule has 156 valence electrons. The highest BCUT2D eigenvalue weighted by atomic mass is 32.2. The van der Waals surface area contributed by atoms with Gasteiger partial charge in [0.25, 0.3) is 5.69 Å². The van der Waals surface area contributed by atoms with Crippen LogP contribution < -0.4 is 4.74 Å². The molecular weight excluding hydrogens is 412 g/mol. The van der Waals surface area contributed by atoms with Crippen molar-refractivity contribution in [2.75, 3.05) is 13.7 Å². The number of non-ortho nitro benzene ring substituents is 1. The molecule has 0 N–H and O–H groups in total. The highest BCUT2D eigenvalue weighted by molar-refractivity contribution is 7.89. The summed E-state index contributed by atoms with van der Waals surface area (Å²) >= 11 is 0. The number of nitrogens with zero attached hydrogens (tertiary/aromatic N) is 4. The third-order valence-corrected chi connectivity index (χ3v) is 6.86. The Hall–Kier alpha value is -3.31. The van der Waals surface area contributed by atoms with Crippen molar-refractivity contribution in [3.63, 3.8) is 0 Å². The first-order valence-corrected chi connectivity index (χ1v) is 10.6. The fourth-order valence-corrected chi connectivity index (χ4v) is 5.03. The molecule has 2 heterocycles. The lowest BCUT2D eigenvalue weighted by molar-refractivity contribution is -0.384. The monoisotopic (exact) mass is 430 g/mol. The Morgan fingerprint density at radius 1 is 1.17 bits per heavy atom. The van der Waals surface area contributed by atoms with E-state index in [1.165, 1.54) is 28.6 Å². The summed E-state index contributed by atoms with van der Waals surface area (Å²) in [5.41, 5.74) is 0.543. The largest absolute Gasteiger partial charge is 0.497 e. The number of ether oxygens (including phenoxy) is 1. The molecule has 30 heavy (non-hydrogen) atoms. The van der Waals surface area contributed by atoms with E-state index in [-0.39, 0.29) is 16.5 Å². The summed E-state index contributed by atoms with van der Waals surface area (Å²) in [5.74, 6) is 1.26. The standard InChI is InChI=1S/C19H18N4O6S/c1-28-15-8-4-13(5-9-15)18-20-19(29-21-18)17-3-2-12-22(17)30(26,27)16-10-6-14(7-11-16)23(24)25/h4-11,17H,2-3,12H2,1H3. The average molecular weight is 430 g/mol. The van der Waals surface area contributed by atoms with Crippen LogP contribution in [0.25, 0.3) is 11.4 Å². The van der Waals surface area contributed by atoms with E-state index in [1.54, 1.807) is 31.4 Å². The molecule has 1 saturated heterocycles. The molecule has 1 fully saturated rings. The molecule has 0 bridgehead atoms. The molecule has 0 saturated carbocycles. The number of sulfonamides is 1. The molecular formula is C19H18N4O6S. The maximum absolute atomic E-state index is 13.1. The minimum atomic E-state index is -3.88. The first-order chi connectivity index (χ1) is 14.4. The lowest BCUT2D eigenvalue weighted by atomic mass is 10.2. The summed E-state index contributed by atoms with van der Waals surface area (Å²) in [4.78, 5) is 14.6. The van der Waals surface area contributed by atoms with Crippen LogP contribution in [-0.4, -0.2) is 41.4 Å². The molecule has 1 aliphatic rings. The molecule has 4 rings (SSSR count). The van der Waals surface area contributed by atoms with Crippen molar-refractivity contribution < 1.29 is 22.6 Å². The predicted molar refractivity (Wildman–Crippen MR) is 105 cm³/mol. The van der Waals surface area contributed by atoms with Crippen molar-refractivity contribution in [1.82, 2.24) is 14.4 Å². The number of hydrogen-bond acceptors (Lipinski definition) is 8. The van der Waals surface area contributed by atoms with E-state index in [1.807, 2.05) is 0 Å². The van der Waals surface area contributed by atoms with Crippen molar-refractivity contribution >= 4 is 15.7 Å². The molecule has 3 aromatic rings. The summed E-state index contributed by atoms with van der Waals surface area (Å²) in [5, 5.41) is 14.8. The van der Waals surface area contributed by atoms with Gasteiger partial charge in [-0.2, -0.15) is 9.29 Å². The normalized spacial score (nSPS) is 17.2. The van der Waals surface area contributed by atoms with E-state index < -0.39 is 21.0 Å². The topological polar surface area (TPSA) is 129 Å². The molecule has 0 amide bonds. The molecule has 2 aromatic carbocycles. The van der Waals surface area contributed by atoms with Crippen molar-refractivity contribution in [2.45, 2.75) is 23.8 Å². The highest BCUT2D eigenvalue weighted by Gasteiger charge is 2.39. The minimum absolute atomic E-state index is 0.0186. The van der Waals surface area contributed by atoms with Gasteiger partial charge in [-0.25, -0.2) is 8.42 Å². The second-order valence-corrected chi connectivity index (χ2v) is 8.60. The lowest BCUT2D eigenvalue weighted by Crippen LogP contribution is -2.30. The van der Waals surface area contributed by atoms with Crippen LogP contribution in [0.5, 0.6) is 5.75 Å². The van der Waals surface area contributed by atoms with Gasteiger partial charge in [0.2, 0.25) is 21.7 Å². The number of aromatic nitrogens is 2. The Balaban J connectivity index is 1.60. The van der Waals surface area contributed by atoms with E-state index in [0.29, 0.717) is 36.5 Å². The van der Waals surface area contributed by atoms with Crippen LogP contribution in [0.3, 0.4) is 0 Å². The van der Waals surface area contributed by atoms with Crippen LogP contribution in [0, 0.1) is 10.1 Å². The summed E-state index contributed by atoms with van der Waals surface area (Å²) in [6, 6.07) is 11.3. The highest BCUT2D eigenvalue weighted by Crippen LogP contribution is 2.36. The number of methoxy groups -OCH3 is 1. The number of nitro groups is 1. The molecule has 1 unspecified atom stereocenters. The zero-order valence-electron chi connectivity index (χ0n) is 16.0. The van der Waals surface area contributed by atoms with Gasteiger partial charge in [0.1, 0.15) is 11.8 Å². The van der Waals surface area contributed by atoms with E-state index in [0.717, 1.165) is 0 Å². The van der Waals surface area contributed by atoms with E-state index in [9.17, 15) is 18.5 Å². The van der Waals surface area contributed by atoms with Crippen LogP contribution in [0.2, 0.25) is 0 Å². The van der Waals surface area contributed by atoms with Gasteiger partial charge in [-0.05, 0) is 49.2 Å². The molecule has 1 aromatic heterocycles. The van der Waals surface area contributed by atoms with Crippen LogP contribution in [0.4, 0.5) is 5.69 Å². The van der Waals surface area contributed by atoms with Crippen molar-refractivity contribution in [1.29, 1.82) is 0 Å². The Labute approximate surface area is 172 Å². The molecule has 0 radical (unpaired) electrons. The summed E-state index contributed by atoms with van der Waals surface area (Å²) in [6.07, 6.45) is 1.17. The summed E-state index contributed by atoms with van der Waals surface area (Å²) in [6.45, 7) is 0.296. The Morgan fingerprint density at radius 3 is 2.50 bits per heavy atom. The molecule has 10 nitrogen and oxygen atoms in total. The van der Waals surface area contributed by atoms with Crippen LogP contribution in [-0.2, 0) is 10.0 Å². The fourth-order valence-electron chi connectivity index (χ4n) is 3.38. The number of rotatable bonds is 6. The number of nitro benzene ring substituents is 1. The maximum atomic E-state index is 13.1. The second kappa shape index (κ2) is 7.84. The first-order valence-electron chi connectivity index (χ1n) is 9.14. The smallest absolute Gasteiger partial charge is 0.269 e. The van der Waals surface area contributed by atoms with Gasteiger partial charge in [0.05, 0.1) is 16.9 Å². The van der Waals surface area contributed by atoms with Crippen LogP contribution in [0.1, 0.15) is 24.8 Å². The third-order valence-electron chi connectivity index (χ3n) is 4.93. The van der Waals surface area contributed by atoms with E-state index in [2.05, 4.69) is 10.1 Å². The summed E-state index contributed by atoms with van der Waals surface area (Å²) in [7, 11) is -2.31. The quantitative estimate of drug-likeness (QED) is 0.431. The number of hydrogen-bond donors (Lipinski definition) is 0. The SMILES string of the molecule is COc1ccc(-c2noc(C3CCCN3S(=O)(=O)c3ccc([N+](=O)[O-])cc3)n2)cc1. The van der Waals surface area contributed by atoms with Crippen molar-refractivity contribution in [3.8, 4) is 17.1 Å². The molecule has 11 heteroatoms.